The third-order valence-electron chi connectivity index (χ3n) is 1.18. The van der Waals surface area contributed by atoms with Gasteiger partial charge in [0.05, 0.1) is 5.69 Å². The van der Waals surface area contributed by atoms with E-state index >= 15 is 0 Å². The highest BCUT2D eigenvalue weighted by molar-refractivity contribution is 5.32. The van der Waals surface area contributed by atoms with E-state index in [4.69, 9.17) is 5.73 Å². The molecule has 62 valence electrons. The van der Waals surface area contributed by atoms with E-state index in [9.17, 15) is 0 Å². The van der Waals surface area contributed by atoms with Crippen LogP contribution in [0.3, 0.4) is 0 Å². The Balaban J connectivity index is 0.000000127. The maximum absolute atomic E-state index is 5.30. The average Bonchev–Trinajstić information content (AvgIpc) is 2.62. The first kappa shape index (κ1) is 8.33. The van der Waals surface area contributed by atoms with E-state index in [1.54, 1.807) is 24.5 Å². The van der Waals surface area contributed by atoms with Gasteiger partial charge < -0.3 is 10.7 Å². The molecular formula is C9H11N3. The number of hydrogen-bond donors (Lipinski definition) is 2. The summed E-state index contributed by atoms with van der Waals surface area (Å²) in [6.45, 7) is 0. The topological polar surface area (TPSA) is 54.7 Å². The van der Waals surface area contributed by atoms with E-state index in [0.29, 0.717) is 5.69 Å². The van der Waals surface area contributed by atoms with Gasteiger partial charge in [0.15, 0.2) is 0 Å². The number of nitrogen functional groups attached to an aromatic ring is 1. The van der Waals surface area contributed by atoms with Crippen molar-refractivity contribution in [2.75, 3.05) is 5.73 Å². The standard InChI is InChI=1S/C5H6N2.C4H5N/c6-5-2-1-3-7-4-5;1-2-4-5-3-1/h1-4H,6H2;1-5H. The van der Waals surface area contributed by atoms with Crippen molar-refractivity contribution in [1.82, 2.24) is 9.97 Å². The first-order chi connectivity index (χ1) is 5.89. The molecule has 0 radical (unpaired) electrons. The van der Waals surface area contributed by atoms with Crippen LogP contribution in [0.4, 0.5) is 5.69 Å². The van der Waals surface area contributed by atoms with Crippen LogP contribution in [0, 0.1) is 0 Å². The van der Waals surface area contributed by atoms with Crippen LogP contribution in [0.15, 0.2) is 49.1 Å². The maximum Gasteiger partial charge on any atom is 0.0500 e. The van der Waals surface area contributed by atoms with E-state index in [1.807, 2.05) is 24.5 Å². The summed E-state index contributed by atoms with van der Waals surface area (Å²) >= 11 is 0. The number of aromatic amines is 1. The predicted octanol–water partition coefficient (Wildman–Crippen LogP) is 1.68. The van der Waals surface area contributed by atoms with Crippen molar-refractivity contribution in [3.8, 4) is 0 Å². The molecule has 2 aromatic rings. The summed E-state index contributed by atoms with van der Waals surface area (Å²) in [7, 11) is 0. The monoisotopic (exact) mass is 161 g/mol. The van der Waals surface area contributed by atoms with Gasteiger partial charge in [-0.2, -0.15) is 0 Å². The van der Waals surface area contributed by atoms with Crippen molar-refractivity contribution >= 4 is 5.69 Å². The predicted molar refractivity (Wildman–Crippen MR) is 49.4 cm³/mol. The van der Waals surface area contributed by atoms with Gasteiger partial charge >= 0.3 is 0 Å². The average molecular weight is 161 g/mol. The largest absolute Gasteiger partial charge is 0.397 e. The summed E-state index contributed by atoms with van der Waals surface area (Å²) in [6.07, 6.45) is 7.05. The van der Waals surface area contributed by atoms with Crippen LogP contribution in [-0.4, -0.2) is 9.97 Å². The van der Waals surface area contributed by atoms with Gasteiger partial charge in [0, 0.05) is 24.8 Å². The molecule has 0 atom stereocenters. The number of nitrogens with one attached hydrogen (secondary N) is 1. The highest BCUT2D eigenvalue weighted by Crippen LogP contribution is 1.92. The molecular weight excluding hydrogens is 150 g/mol. The minimum Gasteiger partial charge on any atom is -0.397 e. The highest BCUT2D eigenvalue weighted by atomic mass is 14.7. The Morgan fingerprint density at radius 1 is 1.17 bits per heavy atom. The summed E-state index contributed by atoms with van der Waals surface area (Å²) in [5.74, 6) is 0. The Labute approximate surface area is 71.3 Å². The summed E-state index contributed by atoms with van der Waals surface area (Å²) in [4.78, 5) is 6.62. The zero-order valence-corrected chi connectivity index (χ0v) is 6.64. The fourth-order valence-corrected chi connectivity index (χ4v) is 0.654. The number of anilines is 1. The molecule has 2 heterocycles. The number of nitrogens with two attached hydrogens (primary N) is 1. The maximum atomic E-state index is 5.30. The van der Waals surface area contributed by atoms with Gasteiger partial charge in [0.1, 0.15) is 0 Å². The first-order valence-electron chi connectivity index (χ1n) is 3.63. The molecule has 3 nitrogen and oxygen atoms in total. The summed E-state index contributed by atoms with van der Waals surface area (Å²) in [5.41, 5.74) is 6.01. The van der Waals surface area contributed by atoms with E-state index in [-0.39, 0.29) is 0 Å². The molecule has 0 aliphatic rings. The third kappa shape index (κ3) is 3.41. The van der Waals surface area contributed by atoms with E-state index in [1.165, 1.54) is 0 Å². The third-order valence-corrected chi connectivity index (χ3v) is 1.18. The Bertz CT molecular complexity index is 259. The second-order valence-electron chi connectivity index (χ2n) is 2.17. The summed E-state index contributed by atoms with van der Waals surface area (Å²) < 4.78 is 0. The van der Waals surface area contributed by atoms with Crippen LogP contribution in [-0.2, 0) is 0 Å². The van der Waals surface area contributed by atoms with Crippen molar-refractivity contribution in [3.05, 3.63) is 49.1 Å². The molecule has 0 unspecified atom stereocenters. The van der Waals surface area contributed by atoms with Crippen molar-refractivity contribution in [2.45, 2.75) is 0 Å². The molecule has 12 heavy (non-hydrogen) atoms. The molecule has 0 saturated heterocycles. The number of nitrogens with zero attached hydrogens (tertiary/aromatic N) is 1. The molecule has 0 aliphatic carbocycles. The molecule has 0 bridgehead atoms. The quantitative estimate of drug-likeness (QED) is 0.617. The summed E-state index contributed by atoms with van der Waals surface area (Å²) in [6, 6.07) is 7.49. The lowest BCUT2D eigenvalue weighted by Crippen LogP contribution is -1.82. The molecule has 0 fully saturated rings. The van der Waals surface area contributed by atoms with E-state index in [0.717, 1.165) is 0 Å². The lowest BCUT2D eigenvalue weighted by Gasteiger charge is -1.83. The van der Waals surface area contributed by atoms with Crippen LogP contribution in [0.25, 0.3) is 0 Å². The Kier molecular flexibility index (Phi) is 3.44. The Morgan fingerprint density at radius 3 is 2.17 bits per heavy atom. The fraction of sp³-hybridized carbons (Fsp3) is 0. The molecule has 3 N–H and O–H groups in total. The number of H-pyrrole nitrogens is 1. The van der Waals surface area contributed by atoms with Crippen LogP contribution in [0.1, 0.15) is 0 Å². The van der Waals surface area contributed by atoms with Crippen molar-refractivity contribution < 1.29 is 0 Å². The molecule has 0 amide bonds. The van der Waals surface area contributed by atoms with Crippen LogP contribution in [0.5, 0.6) is 0 Å². The van der Waals surface area contributed by atoms with Gasteiger partial charge in [-0.15, -0.1) is 0 Å². The summed E-state index contributed by atoms with van der Waals surface area (Å²) in [5, 5.41) is 0. The zero-order valence-electron chi connectivity index (χ0n) is 6.64. The molecule has 0 saturated carbocycles. The molecule has 2 aromatic heterocycles. The van der Waals surface area contributed by atoms with E-state index in [2.05, 4.69) is 9.97 Å². The van der Waals surface area contributed by atoms with Crippen molar-refractivity contribution in [3.63, 3.8) is 0 Å². The lowest BCUT2D eigenvalue weighted by molar-refractivity contribution is 1.33. The molecule has 0 spiro atoms. The molecule has 2 rings (SSSR count). The van der Waals surface area contributed by atoms with Crippen LogP contribution < -0.4 is 5.73 Å². The number of rotatable bonds is 0. The minimum absolute atomic E-state index is 0.711. The van der Waals surface area contributed by atoms with Crippen molar-refractivity contribution in [2.24, 2.45) is 0 Å². The zero-order chi connectivity index (χ0) is 8.65. The smallest absolute Gasteiger partial charge is 0.0500 e. The van der Waals surface area contributed by atoms with Gasteiger partial charge in [0.25, 0.3) is 0 Å². The van der Waals surface area contributed by atoms with Gasteiger partial charge in [-0.3, -0.25) is 4.98 Å². The van der Waals surface area contributed by atoms with Gasteiger partial charge in [-0.1, -0.05) is 0 Å². The number of aromatic nitrogens is 2. The van der Waals surface area contributed by atoms with Crippen LogP contribution >= 0.6 is 0 Å². The fourth-order valence-electron chi connectivity index (χ4n) is 0.654. The van der Waals surface area contributed by atoms with Gasteiger partial charge in [-0.25, -0.2) is 0 Å². The van der Waals surface area contributed by atoms with Crippen LogP contribution in [0.2, 0.25) is 0 Å². The highest BCUT2D eigenvalue weighted by Gasteiger charge is 1.73. The Hall–Kier alpha value is -1.77. The van der Waals surface area contributed by atoms with Gasteiger partial charge in [-0.05, 0) is 24.3 Å². The first-order valence-corrected chi connectivity index (χ1v) is 3.63. The van der Waals surface area contributed by atoms with Gasteiger partial charge in [0.2, 0.25) is 0 Å². The molecule has 0 aromatic carbocycles. The van der Waals surface area contributed by atoms with Crippen molar-refractivity contribution in [1.29, 1.82) is 0 Å². The minimum atomic E-state index is 0.711. The number of hydrogen-bond acceptors (Lipinski definition) is 2. The normalized spacial score (nSPS) is 8.33. The lowest BCUT2D eigenvalue weighted by atomic mass is 10.4. The second kappa shape index (κ2) is 4.96. The second-order valence-corrected chi connectivity index (χ2v) is 2.17. The molecule has 3 heteroatoms. The van der Waals surface area contributed by atoms with E-state index < -0.39 is 0 Å². The number of pyridine rings is 1. The SMILES string of the molecule is Nc1cccnc1.c1cc[nH]c1. The molecule has 0 aliphatic heterocycles. The Morgan fingerprint density at radius 2 is 1.92 bits per heavy atom.